The summed E-state index contributed by atoms with van der Waals surface area (Å²) in [7, 11) is 0. The lowest BCUT2D eigenvalue weighted by Crippen LogP contribution is -2.54. The van der Waals surface area contributed by atoms with Gasteiger partial charge in [-0.25, -0.2) is 0 Å². The van der Waals surface area contributed by atoms with Crippen molar-refractivity contribution in [1.82, 2.24) is 10.2 Å². The van der Waals surface area contributed by atoms with Gasteiger partial charge in [-0.1, -0.05) is 26.0 Å². The number of aliphatic carboxylic acids is 1. The molecule has 0 saturated carbocycles. The Morgan fingerprint density at radius 3 is 1.91 bits per heavy atom. The maximum atomic E-state index is 12.5. The van der Waals surface area contributed by atoms with Crippen LogP contribution in [0.1, 0.15) is 41.5 Å². The van der Waals surface area contributed by atoms with E-state index in [4.69, 9.17) is 5.11 Å². The molecule has 1 aromatic carbocycles. The maximum absolute atomic E-state index is 12.5. The third-order valence-electron chi connectivity index (χ3n) is 3.73. The summed E-state index contributed by atoms with van der Waals surface area (Å²) < 4.78 is 0. The molecule has 1 aliphatic rings. The van der Waals surface area contributed by atoms with Gasteiger partial charge in [0.1, 0.15) is 12.1 Å². The van der Waals surface area contributed by atoms with E-state index < -0.39 is 35.8 Å². The topological polar surface area (TPSA) is 104 Å². The van der Waals surface area contributed by atoms with Crippen LogP contribution in [0.25, 0.3) is 0 Å². The molecular weight excluding hydrogens is 300 g/mol. The lowest BCUT2D eigenvalue weighted by Gasteiger charge is -2.29. The Kier molecular flexibility index (Phi) is 4.49. The highest BCUT2D eigenvalue weighted by molar-refractivity contribution is 6.22. The monoisotopic (exact) mass is 318 g/mol. The molecule has 3 amide bonds. The number of hydrogen-bond donors (Lipinski definition) is 2. The van der Waals surface area contributed by atoms with Crippen molar-refractivity contribution in [2.45, 2.75) is 32.9 Å². The predicted octanol–water partition coefficient (Wildman–Crippen LogP) is 0.896. The molecule has 1 heterocycles. The molecule has 0 saturated heterocycles. The van der Waals surface area contributed by atoms with Crippen molar-refractivity contribution in [1.29, 1.82) is 0 Å². The highest BCUT2D eigenvalue weighted by Crippen LogP contribution is 2.27. The number of imide groups is 1. The third-order valence-corrected chi connectivity index (χ3v) is 3.73. The zero-order valence-corrected chi connectivity index (χ0v) is 13.1. The summed E-state index contributed by atoms with van der Waals surface area (Å²) in [6.07, 6.45) is 0. The van der Waals surface area contributed by atoms with E-state index in [0.717, 1.165) is 4.90 Å². The average Bonchev–Trinajstić information content (AvgIpc) is 2.73. The Bertz CT molecular complexity index is 648. The number of carboxylic acids is 1. The van der Waals surface area contributed by atoms with Gasteiger partial charge in [-0.3, -0.25) is 24.1 Å². The Labute approximate surface area is 133 Å². The van der Waals surface area contributed by atoms with Gasteiger partial charge in [0.2, 0.25) is 5.91 Å². The number of nitrogens with zero attached hydrogens (tertiary/aromatic N) is 1. The zero-order chi connectivity index (χ0) is 17.3. The Morgan fingerprint density at radius 1 is 1.04 bits per heavy atom. The molecule has 122 valence electrons. The molecule has 0 aliphatic carbocycles. The summed E-state index contributed by atoms with van der Waals surface area (Å²) in [5.41, 5.74) is 0.504. The van der Waals surface area contributed by atoms with Crippen LogP contribution >= 0.6 is 0 Å². The summed E-state index contributed by atoms with van der Waals surface area (Å²) in [5, 5.41) is 11.2. The van der Waals surface area contributed by atoms with Crippen molar-refractivity contribution in [2.24, 2.45) is 5.92 Å². The van der Waals surface area contributed by atoms with Crippen LogP contribution in [0.5, 0.6) is 0 Å². The van der Waals surface area contributed by atoms with Crippen LogP contribution < -0.4 is 5.32 Å². The number of nitrogens with one attached hydrogen (secondary N) is 1. The van der Waals surface area contributed by atoms with Crippen LogP contribution in [0, 0.1) is 5.92 Å². The molecule has 2 rings (SSSR count). The molecule has 2 N–H and O–H groups in total. The number of benzene rings is 1. The first-order chi connectivity index (χ1) is 10.8. The number of rotatable bonds is 5. The normalized spacial score (nSPS) is 16.3. The number of carboxylic acid groups (broad SMARTS) is 1. The van der Waals surface area contributed by atoms with E-state index >= 15 is 0 Å². The fourth-order valence-corrected chi connectivity index (χ4v) is 2.54. The molecule has 7 heteroatoms. The van der Waals surface area contributed by atoms with Crippen molar-refractivity contribution in [3.8, 4) is 0 Å². The quantitative estimate of drug-likeness (QED) is 0.785. The number of hydrogen-bond acceptors (Lipinski definition) is 4. The van der Waals surface area contributed by atoms with Crippen LogP contribution in [-0.2, 0) is 9.59 Å². The molecule has 0 aromatic heterocycles. The second-order valence-corrected chi connectivity index (χ2v) is 5.78. The standard InChI is InChI=1S/C16H18N2O5/c1-8(2)12(13(19)17-9(3)16(22)23)18-14(20)10-6-4-5-7-11(10)15(18)21/h4-9,12H,1-3H3,(H,17,19)(H,22,23). The molecular formula is C16H18N2O5. The molecule has 1 aromatic rings. The minimum atomic E-state index is -1.19. The highest BCUT2D eigenvalue weighted by atomic mass is 16.4. The Morgan fingerprint density at radius 2 is 1.52 bits per heavy atom. The second-order valence-electron chi connectivity index (χ2n) is 5.78. The Hall–Kier alpha value is -2.70. The molecule has 0 spiro atoms. The van der Waals surface area contributed by atoms with E-state index in [1.165, 1.54) is 19.1 Å². The first-order valence-electron chi connectivity index (χ1n) is 7.25. The van der Waals surface area contributed by atoms with Gasteiger partial charge in [0.25, 0.3) is 11.8 Å². The summed E-state index contributed by atoms with van der Waals surface area (Å²) in [4.78, 5) is 49.2. The van der Waals surface area contributed by atoms with Gasteiger partial charge in [0, 0.05) is 0 Å². The first kappa shape index (κ1) is 16.7. The third kappa shape index (κ3) is 2.94. The number of amides is 3. The van der Waals surface area contributed by atoms with Crippen LogP contribution in [0.3, 0.4) is 0 Å². The van der Waals surface area contributed by atoms with E-state index in [1.807, 2.05) is 0 Å². The fraction of sp³-hybridized carbons (Fsp3) is 0.375. The van der Waals surface area contributed by atoms with Crippen molar-refractivity contribution in [3.05, 3.63) is 35.4 Å². The van der Waals surface area contributed by atoms with Gasteiger partial charge in [0.05, 0.1) is 11.1 Å². The summed E-state index contributed by atoms with van der Waals surface area (Å²) in [6, 6.07) is 4.17. The first-order valence-corrected chi connectivity index (χ1v) is 7.25. The smallest absolute Gasteiger partial charge is 0.325 e. The zero-order valence-electron chi connectivity index (χ0n) is 13.1. The van der Waals surface area contributed by atoms with Gasteiger partial charge in [0.15, 0.2) is 0 Å². The lowest BCUT2D eigenvalue weighted by atomic mass is 10.0. The maximum Gasteiger partial charge on any atom is 0.325 e. The molecule has 2 atom stereocenters. The molecule has 7 nitrogen and oxygen atoms in total. The van der Waals surface area contributed by atoms with Crippen molar-refractivity contribution in [3.63, 3.8) is 0 Å². The molecule has 2 unspecified atom stereocenters. The molecule has 0 radical (unpaired) electrons. The van der Waals surface area contributed by atoms with Crippen LogP contribution in [0.4, 0.5) is 0 Å². The van der Waals surface area contributed by atoms with Crippen LogP contribution in [0.15, 0.2) is 24.3 Å². The van der Waals surface area contributed by atoms with Crippen molar-refractivity contribution < 1.29 is 24.3 Å². The minimum Gasteiger partial charge on any atom is -0.480 e. The van der Waals surface area contributed by atoms with E-state index in [2.05, 4.69) is 5.32 Å². The number of carbonyl (C=O) groups excluding carboxylic acids is 3. The average molecular weight is 318 g/mol. The molecule has 1 aliphatic heterocycles. The number of carbonyl (C=O) groups is 4. The van der Waals surface area contributed by atoms with Crippen LogP contribution in [-0.4, -0.2) is 45.8 Å². The van der Waals surface area contributed by atoms with E-state index in [0.29, 0.717) is 0 Å². The SMILES string of the molecule is CC(NC(=O)C(C(C)C)N1C(=O)c2ccccc2C1=O)C(=O)O. The highest BCUT2D eigenvalue weighted by Gasteiger charge is 2.44. The van der Waals surface area contributed by atoms with Gasteiger partial charge < -0.3 is 10.4 Å². The molecule has 0 fully saturated rings. The summed E-state index contributed by atoms with van der Waals surface area (Å²) in [5.74, 6) is -3.30. The summed E-state index contributed by atoms with van der Waals surface area (Å²) >= 11 is 0. The fourth-order valence-electron chi connectivity index (χ4n) is 2.54. The molecule has 0 bridgehead atoms. The van der Waals surface area contributed by atoms with E-state index in [-0.39, 0.29) is 17.0 Å². The number of fused-ring (bicyclic) bond motifs is 1. The second kappa shape index (κ2) is 6.20. The van der Waals surface area contributed by atoms with Gasteiger partial charge >= 0.3 is 5.97 Å². The lowest BCUT2D eigenvalue weighted by molar-refractivity contribution is -0.142. The van der Waals surface area contributed by atoms with Gasteiger partial charge in [-0.2, -0.15) is 0 Å². The van der Waals surface area contributed by atoms with Crippen LogP contribution in [0.2, 0.25) is 0 Å². The predicted molar refractivity (Wildman–Crippen MR) is 80.8 cm³/mol. The van der Waals surface area contributed by atoms with Gasteiger partial charge in [-0.15, -0.1) is 0 Å². The summed E-state index contributed by atoms with van der Waals surface area (Å²) in [6.45, 7) is 4.71. The Balaban J connectivity index is 2.33. The van der Waals surface area contributed by atoms with Crippen molar-refractivity contribution in [2.75, 3.05) is 0 Å². The molecule has 23 heavy (non-hydrogen) atoms. The van der Waals surface area contributed by atoms with E-state index in [9.17, 15) is 19.2 Å². The van der Waals surface area contributed by atoms with Gasteiger partial charge in [-0.05, 0) is 25.0 Å². The largest absolute Gasteiger partial charge is 0.480 e. The van der Waals surface area contributed by atoms with E-state index in [1.54, 1.807) is 26.0 Å². The minimum absolute atomic E-state index is 0.252. The van der Waals surface area contributed by atoms with Crippen molar-refractivity contribution >= 4 is 23.7 Å².